The van der Waals surface area contributed by atoms with Crippen LogP contribution in [0.2, 0.25) is 0 Å². The van der Waals surface area contributed by atoms with Crippen LogP contribution < -0.4 is 25.1 Å². The number of carbonyl (C=O) groups is 1. The number of benzene rings is 3. The second kappa shape index (κ2) is 11.3. The van der Waals surface area contributed by atoms with Gasteiger partial charge < -0.3 is 19.5 Å². The lowest BCUT2D eigenvalue weighted by molar-refractivity contribution is 0.102. The molecule has 0 spiro atoms. The summed E-state index contributed by atoms with van der Waals surface area (Å²) in [5.74, 6) is -2.85. The number of pyridine rings is 2. The van der Waals surface area contributed by atoms with Crippen molar-refractivity contribution in [2.75, 3.05) is 19.5 Å². The van der Waals surface area contributed by atoms with E-state index in [0.29, 0.717) is 28.3 Å². The maximum atomic E-state index is 15.3. The van der Waals surface area contributed by atoms with E-state index >= 15 is 4.39 Å². The van der Waals surface area contributed by atoms with E-state index in [2.05, 4.69) is 10.3 Å². The SMILES string of the molecule is COc1cc2ncc(F)c(Oc3ccc(NC(=O)c4ccc(C5(C)CC5)n(-c5ccc(F)cc5C)c4=O)cc3F)c2cc1OC. The molecule has 8 nitrogen and oxygen atoms in total. The second-order valence-corrected chi connectivity index (χ2v) is 11.1. The zero-order valence-electron chi connectivity index (χ0n) is 24.8. The Labute approximate surface area is 256 Å². The first-order valence-corrected chi connectivity index (χ1v) is 14.0. The number of carbonyl (C=O) groups excluding carboxylic acids is 1. The number of rotatable bonds is 8. The largest absolute Gasteiger partial charge is 0.493 e. The predicted octanol–water partition coefficient (Wildman–Crippen LogP) is 7.22. The van der Waals surface area contributed by atoms with E-state index in [1.165, 1.54) is 61.3 Å². The lowest BCUT2D eigenvalue weighted by Crippen LogP contribution is -2.32. The van der Waals surface area contributed by atoms with E-state index in [0.717, 1.165) is 30.8 Å². The van der Waals surface area contributed by atoms with Crippen LogP contribution in [-0.2, 0) is 5.41 Å². The van der Waals surface area contributed by atoms with E-state index in [1.807, 2.05) is 6.92 Å². The topological polar surface area (TPSA) is 91.7 Å². The molecule has 3 aromatic carbocycles. The molecule has 11 heteroatoms. The van der Waals surface area contributed by atoms with Crippen LogP contribution in [0, 0.1) is 24.4 Å². The Hall–Kier alpha value is -5.32. The quantitative estimate of drug-likeness (QED) is 0.198. The lowest BCUT2D eigenvalue weighted by Gasteiger charge is -2.20. The molecular weight excluding hydrogens is 587 g/mol. The molecule has 0 atom stereocenters. The van der Waals surface area contributed by atoms with Crippen LogP contribution in [0.25, 0.3) is 16.6 Å². The highest BCUT2D eigenvalue weighted by Crippen LogP contribution is 2.48. The van der Waals surface area contributed by atoms with Crippen molar-refractivity contribution in [3.63, 3.8) is 0 Å². The highest BCUT2D eigenvalue weighted by atomic mass is 19.1. The first-order valence-electron chi connectivity index (χ1n) is 14.0. The molecule has 2 aromatic heterocycles. The fraction of sp³-hybridized carbons (Fsp3) is 0.206. The molecule has 0 unspecified atom stereocenters. The van der Waals surface area contributed by atoms with Crippen molar-refractivity contribution in [1.82, 2.24) is 9.55 Å². The van der Waals surface area contributed by atoms with Crippen LogP contribution in [0.15, 0.2) is 71.7 Å². The average molecular weight is 616 g/mol. The van der Waals surface area contributed by atoms with Gasteiger partial charge in [0.2, 0.25) is 0 Å². The van der Waals surface area contributed by atoms with Gasteiger partial charge in [-0.05, 0) is 73.9 Å². The van der Waals surface area contributed by atoms with Crippen molar-refractivity contribution < 1.29 is 32.2 Å². The Morgan fingerprint density at radius 3 is 2.31 bits per heavy atom. The fourth-order valence-electron chi connectivity index (χ4n) is 5.28. The maximum Gasteiger partial charge on any atom is 0.268 e. The Morgan fingerprint density at radius 2 is 1.64 bits per heavy atom. The Morgan fingerprint density at radius 1 is 0.911 bits per heavy atom. The highest BCUT2D eigenvalue weighted by Gasteiger charge is 2.42. The summed E-state index contributed by atoms with van der Waals surface area (Å²) in [5.41, 5.74) is 1.09. The number of nitrogens with one attached hydrogen (secondary N) is 1. The first kappa shape index (κ1) is 29.7. The molecule has 0 radical (unpaired) electrons. The number of amides is 1. The normalized spacial score (nSPS) is 13.4. The number of anilines is 1. The van der Waals surface area contributed by atoms with Crippen molar-refractivity contribution in [2.24, 2.45) is 0 Å². The number of halogens is 3. The number of hydrogen-bond donors (Lipinski definition) is 1. The Balaban J connectivity index is 1.30. The molecule has 0 bridgehead atoms. The molecular formula is C34H28F3N3O5. The second-order valence-electron chi connectivity index (χ2n) is 11.1. The molecule has 1 saturated carbocycles. The predicted molar refractivity (Wildman–Crippen MR) is 163 cm³/mol. The van der Waals surface area contributed by atoms with Crippen LogP contribution in [0.1, 0.15) is 41.4 Å². The molecule has 5 aromatic rings. The summed E-state index contributed by atoms with van der Waals surface area (Å²) in [6, 6.07) is 13.9. The van der Waals surface area contributed by atoms with Gasteiger partial charge in [-0.15, -0.1) is 0 Å². The van der Waals surface area contributed by atoms with Crippen molar-refractivity contribution in [1.29, 1.82) is 0 Å². The van der Waals surface area contributed by atoms with Gasteiger partial charge in [0.15, 0.2) is 34.6 Å². The van der Waals surface area contributed by atoms with Crippen LogP contribution in [0.4, 0.5) is 18.9 Å². The van der Waals surface area contributed by atoms with Crippen molar-refractivity contribution >= 4 is 22.5 Å². The number of hydrogen-bond acceptors (Lipinski definition) is 6. The molecule has 1 amide bonds. The number of aryl methyl sites for hydroxylation is 1. The summed E-state index contributed by atoms with van der Waals surface area (Å²) in [5, 5.41) is 2.78. The summed E-state index contributed by atoms with van der Waals surface area (Å²) in [6.07, 6.45) is 2.69. The van der Waals surface area contributed by atoms with Crippen molar-refractivity contribution in [3.8, 4) is 28.7 Å². The molecule has 0 aliphatic heterocycles. The summed E-state index contributed by atoms with van der Waals surface area (Å²) in [4.78, 5) is 31.1. The van der Waals surface area contributed by atoms with E-state index < -0.39 is 28.9 Å². The molecule has 1 aliphatic carbocycles. The number of methoxy groups -OCH3 is 2. The number of ether oxygens (including phenoxy) is 3. The molecule has 230 valence electrons. The minimum absolute atomic E-state index is 0.0402. The van der Waals surface area contributed by atoms with Crippen LogP contribution in [0.5, 0.6) is 23.0 Å². The monoisotopic (exact) mass is 615 g/mol. The molecule has 6 rings (SSSR count). The maximum absolute atomic E-state index is 15.3. The van der Waals surface area contributed by atoms with E-state index in [4.69, 9.17) is 14.2 Å². The van der Waals surface area contributed by atoms with Crippen molar-refractivity contribution in [3.05, 3.63) is 111 Å². The summed E-state index contributed by atoms with van der Waals surface area (Å²) in [7, 11) is 2.87. The minimum Gasteiger partial charge on any atom is -0.493 e. The third-order valence-electron chi connectivity index (χ3n) is 8.03. The fourth-order valence-corrected chi connectivity index (χ4v) is 5.28. The van der Waals surface area contributed by atoms with E-state index in [9.17, 15) is 18.4 Å². The van der Waals surface area contributed by atoms with Gasteiger partial charge in [0.1, 0.15) is 11.4 Å². The Kier molecular flexibility index (Phi) is 7.47. The van der Waals surface area contributed by atoms with Gasteiger partial charge in [-0.2, -0.15) is 0 Å². The molecule has 1 N–H and O–H groups in total. The number of aromatic nitrogens is 2. The van der Waals surface area contributed by atoms with Crippen LogP contribution >= 0.6 is 0 Å². The van der Waals surface area contributed by atoms with Gasteiger partial charge in [0.05, 0.1) is 31.6 Å². The van der Waals surface area contributed by atoms with Crippen LogP contribution in [0.3, 0.4) is 0 Å². The molecule has 45 heavy (non-hydrogen) atoms. The van der Waals surface area contributed by atoms with E-state index in [1.54, 1.807) is 19.1 Å². The van der Waals surface area contributed by atoms with Gasteiger partial charge in [-0.25, -0.2) is 13.2 Å². The standard InChI is InChI=1S/C34H28F3N3O5/c1-18-13-19(35)5-8-26(18)40-30(34(2)11-12-34)10-7-21(33(40)42)32(41)39-20-6-9-27(23(36)14-20)45-31-22-15-28(43-3)29(44-4)16-25(22)38-17-24(31)37/h5-10,13-17H,11-12H2,1-4H3,(H,39,41). The van der Waals surface area contributed by atoms with Gasteiger partial charge >= 0.3 is 0 Å². The summed E-state index contributed by atoms with van der Waals surface area (Å²) < 4.78 is 61.6. The molecule has 1 aliphatic rings. The van der Waals surface area contributed by atoms with Gasteiger partial charge in [-0.3, -0.25) is 19.1 Å². The third-order valence-corrected chi connectivity index (χ3v) is 8.03. The van der Waals surface area contributed by atoms with Gasteiger partial charge in [-0.1, -0.05) is 6.92 Å². The number of nitrogens with zero attached hydrogens (tertiary/aromatic N) is 2. The number of fused-ring (bicyclic) bond motifs is 1. The highest BCUT2D eigenvalue weighted by molar-refractivity contribution is 6.04. The molecule has 2 heterocycles. The third kappa shape index (κ3) is 5.45. The zero-order valence-corrected chi connectivity index (χ0v) is 24.8. The molecule has 0 saturated heterocycles. The summed E-state index contributed by atoms with van der Waals surface area (Å²) >= 11 is 0. The van der Waals surface area contributed by atoms with E-state index in [-0.39, 0.29) is 33.6 Å². The first-order chi connectivity index (χ1) is 21.5. The van der Waals surface area contributed by atoms with Crippen LogP contribution in [-0.4, -0.2) is 29.7 Å². The summed E-state index contributed by atoms with van der Waals surface area (Å²) in [6.45, 7) is 3.72. The lowest BCUT2D eigenvalue weighted by atomic mass is 10.0. The zero-order chi connectivity index (χ0) is 32.0. The van der Waals surface area contributed by atoms with Crippen molar-refractivity contribution in [2.45, 2.75) is 32.1 Å². The smallest absolute Gasteiger partial charge is 0.268 e. The average Bonchev–Trinajstić information content (AvgIpc) is 3.77. The van der Waals surface area contributed by atoms with Gasteiger partial charge in [0, 0.05) is 34.3 Å². The van der Waals surface area contributed by atoms with Gasteiger partial charge in [0.25, 0.3) is 11.5 Å². The Bertz CT molecular complexity index is 2060. The molecule has 1 fully saturated rings. The minimum atomic E-state index is -0.894.